The van der Waals surface area contributed by atoms with Crippen molar-refractivity contribution in [3.05, 3.63) is 0 Å². The molecule has 2 atom stereocenters. The highest BCUT2D eigenvalue weighted by Crippen LogP contribution is 2.20. The summed E-state index contributed by atoms with van der Waals surface area (Å²) in [5.41, 5.74) is -0.504. The number of carbonyl (C=O) groups is 1. The zero-order chi connectivity index (χ0) is 15.6. The minimum absolute atomic E-state index is 0.115. The lowest BCUT2D eigenvalue weighted by atomic mass is 10.2. The summed E-state index contributed by atoms with van der Waals surface area (Å²) in [6.45, 7) is 11.8. The zero-order valence-electron chi connectivity index (χ0n) is 13.3. The largest absolute Gasteiger partial charge is 0.444 e. The number of ether oxygens (including phenoxy) is 1. The average Bonchev–Trinajstić information content (AvgIpc) is 2.70. The summed E-state index contributed by atoms with van der Waals surface area (Å²) in [7, 11) is -1.29. The Bertz CT molecular complexity index is 408. The second kappa shape index (κ2) is 6.24. The van der Waals surface area contributed by atoms with Crippen molar-refractivity contribution in [2.75, 3.05) is 6.54 Å². The van der Waals surface area contributed by atoms with E-state index in [1.165, 1.54) is 0 Å². The van der Waals surface area contributed by atoms with E-state index in [2.05, 4.69) is 4.40 Å². The second-order valence-corrected chi connectivity index (χ2v) is 8.93. The lowest BCUT2D eigenvalue weighted by molar-refractivity contribution is 0.0268. The van der Waals surface area contributed by atoms with Crippen molar-refractivity contribution in [3.63, 3.8) is 0 Å². The standard InChI is InChI=1S/C14H26N2O3S/c1-13(2,3)19-12(17)16-9-7-8-11(16)10-15-20(18)14(4,5)6/h10-11H,7-9H2,1-6H3/t11-,20-/m1/s1. The second-order valence-electron chi connectivity index (χ2n) is 7.00. The Kier molecular flexibility index (Phi) is 5.35. The number of carbonyl (C=O) groups excluding carboxylic acids is 1. The van der Waals surface area contributed by atoms with Crippen LogP contribution in [0.15, 0.2) is 4.40 Å². The molecule has 0 unspecified atom stereocenters. The maximum atomic E-state index is 12.1. The summed E-state index contributed by atoms with van der Waals surface area (Å²) in [5, 5.41) is 0. The van der Waals surface area contributed by atoms with E-state index in [0.29, 0.717) is 6.54 Å². The van der Waals surface area contributed by atoms with Crippen molar-refractivity contribution in [1.29, 1.82) is 0 Å². The molecule has 1 aliphatic heterocycles. The molecule has 0 spiro atoms. The minimum atomic E-state index is -1.29. The molecule has 0 aromatic rings. The summed E-state index contributed by atoms with van der Waals surface area (Å²) in [6, 6.07) is -0.115. The fourth-order valence-corrected chi connectivity index (χ4v) is 2.35. The van der Waals surface area contributed by atoms with Crippen LogP contribution >= 0.6 is 0 Å². The normalized spacial score (nSPS) is 22.3. The molecule has 20 heavy (non-hydrogen) atoms. The van der Waals surface area contributed by atoms with Crippen LogP contribution < -0.4 is 0 Å². The predicted molar refractivity (Wildman–Crippen MR) is 82.3 cm³/mol. The predicted octanol–water partition coefficient (Wildman–Crippen LogP) is 2.92. The molecule has 0 bridgehead atoms. The van der Waals surface area contributed by atoms with E-state index in [1.54, 1.807) is 11.1 Å². The van der Waals surface area contributed by atoms with Gasteiger partial charge in [-0.2, -0.15) is 4.40 Å². The Labute approximate surface area is 124 Å². The fourth-order valence-electron chi connectivity index (χ4n) is 1.78. The third kappa shape index (κ3) is 5.23. The number of nitrogens with zero attached hydrogens (tertiary/aromatic N) is 2. The Balaban J connectivity index is 2.69. The van der Waals surface area contributed by atoms with Gasteiger partial charge in [0, 0.05) is 12.8 Å². The van der Waals surface area contributed by atoms with E-state index in [0.717, 1.165) is 12.8 Å². The first-order valence-electron chi connectivity index (χ1n) is 6.96. The van der Waals surface area contributed by atoms with Crippen molar-refractivity contribution >= 4 is 23.3 Å². The fraction of sp³-hybridized carbons (Fsp3) is 0.857. The summed E-state index contributed by atoms with van der Waals surface area (Å²) >= 11 is 0. The highest BCUT2D eigenvalue weighted by Gasteiger charge is 2.31. The van der Waals surface area contributed by atoms with Crippen molar-refractivity contribution < 1.29 is 13.7 Å². The molecule has 0 radical (unpaired) electrons. The van der Waals surface area contributed by atoms with Gasteiger partial charge < -0.3 is 9.64 Å². The lowest BCUT2D eigenvalue weighted by Gasteiger charge is -2.27. The lowest BCUT2D eigenvalue weighted by Crippen LogP contribution is -2.40. The van der Waals surface area contributed by atoms with Crippen LogP contribution in [0.25, 0.3) is 0 Å². The van der Waals surface area contributed by atoms with Crippen molar-refractivity contribution in [3.8, 4) is 0 Å². The smallest absolute Gasteiger partial charge is 0.410 e. The first-order valence-corrected chi connectivity index (χ1v) is 8.07. The van der Waals surface area contributed by atoms with Crippen molar-refractivity contribution in [2.45, 2.75) is 70.8 Å². The topological polar surface area (TPSA) is 59.0 Å². The maximum absolute atomic E-state index is 12.1. The SMILES string of the molecule is CC(C)(C)OC(=O)N1CCC[C@@H]1C=N[S@](=O)C(C)(C)C. The van der Waals surface area contributed by atoms with Crippen LogP contribution in [-0.2, 0) is 15.7 Å². The molecule has 0 saturated carbocycles. The molecule has 1 saturated heterocycles. The summed E-state index contributed by atoms with van der Waals surface area (Å²) < 4.78 is 21.0. The quantitative estimate of drug-likeness (QED) is 0.737. The molecule has 0 aromatic heterocycles. The summed E-state index contributed by atoms with van der Waals surface area (Å²) in [5.74, 6) is 0. The van der Waals surface area contributed by atoms with Crippen LogP contribution in [-0.4, -0.2) is 44.4 Å². The van der Waals surface area contributed by atoms with Gasteiger partial charge in [0.05, 0.1) is 10.8 Å². The summed E-state index contributed by atoms with van der Waals surface area (Å²) in [6.07, 6.45) is 3.06. The van der Waals surface area contributed by atoms with Crippen LogP contribution in [0.2, 0.25) is 0 Å². The van der Waals surface area contributed by atoms with Gasteiger partial charge in [0.1, 0.15) is 16.6 Å². The first-order chi connectivity index (χ1) is 9.00. The van der Waals surface area contributed by atoms with E-state index < -0.39 is 16.6 Å². The molecule has 1 rings (SSSR count). The number of likely N-dealkylation sites (tertiary alicyclic amines) is 1. The molecular formula is C14H26N2O3S. The van der Waals surface area contributed by atoms with Crippen LogP contribution in [0.3, 0.4) is 0 Å². The van der Waals surface area contributed by atoms with E-state index in [9.17, 15) is 9.00 Å². The molecule has 0 N–H and O–H groups in total. The Morgan fingerprint density at radius 2 is 1.90 bits per heavy atom. The number of amides is 1. The van der Waals surface area contributed by atoms with E-state index in [-0.39, 0.29) is 16.9 Å². The molecule has 116 valence electrons. The van der Waals surface area contributed by atoms with Crippen molar-refractivity contribution in [2.24, 2.45) is 4.40 Å². The molecule has 6 heteroatoms. The van der Waals surface area contributed by atoms with Gasteiger partial charge in [0.15, 0.2) is 0 Å². The third-order valence-electron chi connectivity index (χ3n) is 2.78. The molecule has 0 aromatic carbocycles. The van der Waals surface area contributed by atoms with E-state index >= 15 is 0 Å². The Morgan fingerprint density at radius 1 is 1.30 bits per heavy atom. The number of rotatable bonds is 2. The van der Waals surface area contributed by atoms with Crippen LogP contribution in [0, 0.1) is 0 Å². The van der Waals surface area contributed by atoms with Gasteiger partial charge in [0.25, 0.3) is 0 Å². The summed E-state index contributed by atoms with van der Waals surface area (Å²) in [4.78, 5) is 13.7. The molecule has 1 heterocycles. The monoisotopic (exact) mass is 302 g/mol. The van der Waals surface area contributed by atoms with E-state index in [1.807, 2.05) is 41.5 Å². The van der Waals surface area contributed by atoms with Gasteiger partial charge in [-0.15, -0.1) is 0 Å². The highest BCUT2D eigenvalue weighted by molar-refractivity contribution is 7.85. The van der Waals surface area contributed by atoms with E-state index in [4.69, 9.17) is 4.74 Å². The minimum Gasteiger partial charge on any atom is -0.444 e. The molecular weight excluding hydrogens is 276 g/mol. The first kappa shape index (κ1) is 17.1. The zero-order valence-corrected chi connectivity index (χ0v) is 14.1. The average molecular weight is 302 g/mol. The molecule has 0 aliphatic carbocycles. The van der Waals surface area contributed by atoms with Gasteiger partial charge in [0.2, 0.25) is 0 Å². The van der Waals surface area contributed by atoms with Gasteiger partial charge in [-0.05, 0) is 54.4 Å². The van der Waals surface area contributed by atoms with Gasteiger partial charge >= 0.3 is 6.09 Å². The third-order valence-corrected chi connectivity index (χ3v) is 4.14. The van der Waals surface area contributed by atoms with Crippen LogP contribution in [0.4, 0.5) is 4.79 Å². The Hall–Kier alpha value is -0.910. The maximum Gasteiger partial charge on any atom is 0.410 e. The molecule has 1 amide bonds. The van der Waals surface area contributed by atoms with Gasteiger partial charge in [-0.1, -0.05) is 0 Å². The molecule has 5 nitrogen and oxygen atoms in total. The van der Waals surface area contributed by atoms with Crippen molar-refractivity contribution in [1.82, 2.24) is 4.90 Å². The van der Waals surface area contributed by atoms with Gasteiger partial charge in [-0.3, -0.25) is 0 Å². The van der Waals surface area contributed by atoms with Crippen LogP contribution in [0.5, 0.6) is 0 Å². The number of hydrogen-bond donors (Lipinski definition) is 0. The molecule has 1 aliphatic rings. The number of hydrogen-bond acceptors (Lipinski definition) is 3. The molecule has 1 fully saturated rings. The Morgan fingerprint density at radius 3 is 2.40 bits per heavy atom. The highest BCUT2D eigenvalue weighted by atomic mass is 32.2. The van der Waals surface area contributed by atoms with Crippen LogP contribution in [0.1, 0.15) is 54.4 Å². The van der Waals surface area contributed by atoms with Gasteiger partial charge in [-0.25, -0.2) is 9.00 Å².